The fourth-order valence-electron chi connectivity index (χ4n) is 5.54. The zero-order chi connectivity index (χ0) is 27.3. The molecule has 6 rings (SSSR count). The molecule has 1 aliphatic carbocycles. The molecule has 0 spiro atoms. The summed E-state index contributed by atoms with van der Waals surface area (Å²) in [6, 6.07) is 12.7. The Morgan fingerprint density at radius 2 is 1.72 bits per heavy atom. The zero-order valence-corrected chi connectivity index (χ0v) is 23.6. The van der Waals surface area contributed by atoms with E-state index in [0.29, 0.717) is 49.6 Å². The summed E-state index contributed by atoms with van der Waals surface area (Å²) < 4.78 is 29.1. The second-order valence-electron chi connectivity index (χ2n) is 9.22. The van der Waals surface area contributed by atoms with Crippen LogP contribution in [-0.2, 0) is 9.63 Å². The number of methoxy groups -OCH3 is 3. The smallest absolute Gasteiger partial charge is 0.231 e. The number of nitrogens with zero attached hydrogens (tertiary/aromatic N) is 1. The molecule has 0 bridgehead atoms. The van der Waals surface area contributed by atoms with E-state index in [2.05, 4.69) is 26.4 Å². The van der Waals surface area contributed by atoms with Crippen molar-refractivity contribution < 1.29 is 33.3 Å². The second kappa shape index (κ2) is 10.2. The third kappa shape index (κ3) is 4.22. The number of oxime groups is 1. The van der Waals surface area contributed by atoms with Crippen molar-refractivity contribution in [3.63, 3.8) is 0 Å². The van der Waals surface area contributed by atoms with Crippen LogP contribution in [0.1, 0.15) is 22.6 Å². The maximum absolute atomic E-state index is 14.2. The number of nitrogens with one attached hydrogen (secondary N) is 1. The molecule has 2 heterocycles. The first-order valence-electron chi connectivity index (χ1n) is 12.1. The summed E-state index contributed by atoms with van der Waals surface area (Å²) in [6.07, 6.45) is 0. The Morgan fingerprint density at radius 1 is 1.00 bits per heavy atom. The fourth-order valence-corrected chi connectivity index (χ4v) is 6.37. The van der Waals surface area contributed by atoms with Crippen molar-refractivity contribution in [1.82, 2.24) is 0 Å². The van der Waals surface area contributed by atoms with E-state index in [0.717, 1.165) is 16.7 Å². The first-order chi connectivity index (χ1) is 18.9. The minimum absolute atomic E-state index is 0.115. The van der Waals surface area contributed by atoms with Crippen molar-refractivity contribution in [1.29, 1.82) is 0 Å². The first kappa shape index (κ1) is 25.6. The standard InChI is InChI=1S/C28H24BrClN2O7/c1-34-21-10-17(24(29)27(36-3)26(21)35-2)22-15-8-19-20(38-12-37-19)9-16(15)25-18(11-39-32-25)23(22)28(33)31-14-6-4-13(30)5-7-14/h4-10,18,22-23H,11-12H2,1-3H3,(H,31,33)/t18-,22-,23-/m0/s1. The van der Waals surface area contributed by atoms with Crippen molar-refractivity contribution in [2.45, 2.75) is 5.92 Å². The first-order valence-corrected chi connectivity index (χ1v) is 13.3. The molecular formula is C28H24BrClN2O7. The van der Waals surface area contributed by atoms with Crippen LogP contribution in [0.25, 0.3) is 0 Å². The average Bonchev–Trinajstić information content (AvgIpc) is 3.61. The maximum Gasteiger partial charge on any atom is 0.231 e. The number of hydrogen-bond acceptors (Lipinski definition) is 8. The summed E-state index contributed by atoms with van der Waals surface area (Å²) in [4.78, 5) is 19.7. The molecule has 0 saturated heterocycles. The monoisotopic (exact) mass is 614 g/mol. The van der Waals surface area contributed by atoms with Gasteiger partial charge in [-0.05, 0) is 69.5 Å². The topological polar surface area (TPSA) is 96.8 Å². The summed E-state index contributed by atoms with van der Waals surface area (Å²) >= 11 is 9.81. The van der Waals surface area contributed by atoms with Gasteiger partial charge in [-0.25, -0.2) is 0 Å². The molecule has 0 unspecified atom stereocenters. The molecule has 202 valence electrons. The van der Waals surface area contributed by atoms with Crippen LogP contribution >= 0.6 is 27.5 Å². The lowest BCUT2D eigenvalue weighted by Crippen LogP contribution is -2.42. The van der Waals surface area contributed by atoms with Crippen molar-refractivity contribution in [2.75, 3.05) is 40.0 Å². The number of benzene rings is 3. The Hall–Kier alpha value is -3.63. The Balaban J connectivity index is 1.57. The molecular weight excluding hydrogens is 592 g/mol. The summed E-state index contributed by atoms with van der Waals surface area (Å²) in [5.74, 6) is 0.944. The summed E-state index contributed by atoms with van der Waals surface area (Å²) in [5.41, 5.74) is 3.76. The number of rotatable bonds is 6. The molecule has 0 radical (unpaired) electrons. The van der Waals surface area contributed by atoms with E-state index in [1.807, 2.05) is 18.2 Å². The lowest BCUT2D eigenvalue weighted by Gasteiger charge is -2.37. The van der Waals surface area contributed by atoms with Crippen molar-refractivity contribution >= 4 is 44.8 Å². The third-order valence-electron chi connectivity index (χ3n) is 7.26. The molecule has 0 saturated carbocycles. The van der Waals surface area contributed by atoms with Crippen LogP contribution in [0, 0.1) is 11.8 Å². The fraction of sp³-hybridized carbons (Fsp3) is 0.286. The summed E-state index contributed by atoms with van der Waals surface area (Å²) in [6.45, 7) is 0.365. The van der Waals surface area contributed by atoms with Gasteiger partial charge in [-0.1, -0.05) is 16.8 Å². The van der Waals surface area contributed by atoms with E-state index in [9.17, 15) is 4.79 Å². The minimum atomic E-state index is -0.617. The number of hydrogen-bond donors (Lipinski definition) is 1. The van der Waals surface area contributed by atoms with Crippen LogP contribution in [0.3, 0.4) is 0 Å². The van der Waals surface area contributed by atoms with Crippen LogP contribution in [0.2, 0.25) is 5.02 Å². The van der Waals surface area contributed by atoms with Gasteiger partial charge in [0.05, 0.1) is 43.3 Å². The number of halogens is 2. The molecule has 11 heteroatoms. The molecule has 1 amide bonds. The van der Waals surface area contributed by atoms with Gasteiger partial charge in [-0.15, -0.1) is 0 Å². The molecule has 1 N–H and O–H groups in total. The minimum Gasteiger partial charge on any atom is -0.493 e. The Labute approximate surface area is 238 Å². The van der Waals surface area contributed by atoms with Crippen LogP contribution in [0.15, 0.2) is 52.1 Å². The van der Waals surface area contributed by atoms with Crippen LogP contribution in [-0.4, -0.2) is 46.3 Å². The van der Waals surface area contributed by atoms with Gasteiger partial charge in [0, 0.05) is 22.2 Å². The van der Waals surface area contributed by atoms with E-state index in [4.69, 9.17) is 40.1 Å². The Morgan fingerprint density at radius 3 is 2.41 bits per heavy atom. The molecule has 0 fully saturated rings. The molecule has 39 heavy (non-hydrogen) atoms. The normalized spacial score (nSPS) is 20.3. The predicted octanol–water partition coefficient (Wildman–Crippen LogP) is 5.61. The zero-order valence-electron chi connectivity index (χ0n) is 21.2. The number of anilines is 1. The molecule has 3 aromatic carbocycles. The lowest BCUT2D eigenvalue weighted by atomic mass is 9.65. The summed E-state index contributed by atoms with van der Waals surface area (Å²) in [7, 11) is 4.66. The lowest BCUT2D eigenvalue weighted by molar-refractivity contribution is -0.121. The summed E-state index contributed by atoms with van der Waals surface area (Å²) in [5, 5.41) is 8.01. The second-order valence-corrected chi connectivity index (χ2v) is 10.4. The highest BCUT2D eigenvalue weighted by Gasteiger charge is 2.50. The van der Waals surface area contributed by atoms with Crippen molar-refractivity contribution in [3.8, 4) is 28.7 Å². The highest BCUT2D eigenvalue weighted by molar-refractivity contribution is 9.10. The largest absolute Gasteiger partial charge is 0.493 e. The van der Waals surface area contributed by atoms with Crippen molar-refractivity contribution in [2.24, 2.45) is 17.0 Å². The number of ether oxygens (including phenoxy) is 5. The number of amides is 1. The van der Waals surface area contributed by atoms with Gasteiger partial charge in [0.25, 0.3) is 0 Å². The van der Waals surface area contributed by atoms with E-state index < -0.39 is 11.8 Å². The molecule has 3 atom stereocenters. The maximum atomic E-state index is 14.2. The van der Waals surface area contributed by atoms with Crippen LogP contribution in [0.5, 0.6) is 28.7 Å². The van der Waals surface area contributed by atoms with Gasteiger partial charge in [-0.2, -0.15) is 0 Å². The molecule has 2 aliphatic heterocycles. The van der Waals surface area contributed by atoms with E-state index in [-0.39, 0.29) is 25.2 Å². The third-order valence-corrected chi connectivity index (χ3v) is 8.33. The molecule has 3 aliphatic rings. The van der Waals surface area contributed by atoms with Gasteiger partial charge in [0.15, 0.2) is 23.0 Å². The predicted molar refractivity (Wildman–Crippen MR) is 148 cm³/mol. The van der Waals surface area contributed by atoms with Gasteiger partial charge in [-0.3, -0.25) is 4.79 Å². The van der Waals surface area contributed by atoms with Crippen molar-refractivity contribution in [3.05, 3.63) is 68.7 Å². The molecule has 0 aromatic heterocycles. The van der Waals surface area contributed by atoms with Gasteiger partial charge >= 0.3 is 0 Å². The van der Waals surface area contributed by atoms with Crippen LogP contribution in [0.4, 0.5) is 5.69 Å². The average molecular weight is 616 g/mol. The Bertz CT molecular complexity index is 1490. The van der Waals surface area contributed by atoms with Gasteiger partial charge < -0.3 is 33.8 Å². The SMILES string of the molecule is COc1cc([C@@H]2c3cc4c(cc3C3=NOC[C@H]3[C@@H]2C(=O)Nc2ccc(Cl)cc2)OCO4)c(Br)c(OC)c1OC. The van der Waals surface area contributed by atoms with Gasteiger partial charge in [0.2, 0.25) is 18.4 Å². The van der Waals surface area contributed by atoms with E-state index in [1.54, 1.807) is 45.6 Å². The van der Waals surface area contributed by atoms with Crippen LogP contribution < -0.4 is 29.0 Å². The molecule has 9 nitrogen and oxygen atoms in total. The Kier molecular flexibility index (Phi) is 6.68. The van der Waals surface area contributed by atoms with E-state index in [1.165, 1.54) is 0 Å². The quantitative estimate of drug-likeness (QED) is 0.385. The highest BCUT2D eigenvalue weighted by Crippen LogP contribution is 2.55. The highest BCUT2D eigenvalue weighted by atomic mass is 79.9. The molecule has 3 aromatic rings. The number of carbonyl (C=O) groups excluding carboxylic acids is 1. The van der Waals surface area contributed by atoms with E-state index >= 15 is 0 Å². The number of carbonyl (C=O) groups is 1. The van der Waals surface area contributed by atoms with Gasteiger partial charge in [0.1, 0.15) is 6.61 Å². The number of fused-ring (bicyclic) bond motifs is 4.